The minimum atomic E-state index is -3.86. The quantitative estimate of drug-likeness (QED) is 0.677. The average molecular weight is 333 g/mol. The summed E-state index contributed by atoms with van der Waals surface area (Å²) < 4.78 is 12.6. The van der Waals surface area contributed by atoms with Crippen LogP contribution in [0.15, 0.2) is 60.7 Å². The molecule has 0 radical (unpaired) electrons. The van der Waals surface area contributed by atoms with Crippen molar-refractivity contribution in [2.45, 2.75) is 25.0 Å². The molecule has 0 saturated carbocycles. The van der Waals surface area contributed by atoms with Crippen LogP contribution in [0.25, 0.3) is 0 Å². The van der Waals surface area contributed by atoms with Crippen LogP contribution in [0.2, 0.25) is 0 Å². The lowest BCUT2D eigenvalue weighted by Crippen LogP contribution is -2.29. The van der Waals surface area contributed by atoms with E-state index in [1.165, 1.54) is 0 Å². The molecule has 3 atom stereocenters. The Bertz CT molecular complexity index is 690. The van der Waals surface area contributed by atoms with Gasteiger partial charge in [0.1, 0.15) is 6.04 Å². The van der Waals surface area contributed by atoms with Crippen molar-refractivity contribution in [2.24, 2.45) is 0 Å². The van der Waals surface area contributed by atoms with Crippen molar-refractivity contribution < 1.29 is 19.4 Å². The number of rotatable bonds is 7. The van der Waals surface area contributed by atoms with Crippen molar-refractivity contribution in [2.75, 3.05) is 0 Å². The van der Waals surface area contributed by atoms with Gasteiger partial charge in [-0.15, -0.1) is 0 Å². The standard InChI is InChI=1S/C17H20NO4P/c1-13(12-14-8-4-2-5-9-14)23(21,22)18-16(17(19)20)15-10-6-3-7-11-15/h2-11,13,16H,12H2,1H3,(H,19,20)(H2,18,21,22). The molecule has 5 nitrogen and oxygen atoms in total. The largest absolute Gasteiger partial charge is 0.480 e. The van der Waals surface area contributed by atoms with Gasteiger partial charge in [-0.25, -0.2) is 5.09 Å². The molecule has 0 fully saturated rings. The fourth-order valence-corrected chi connectivity index (χ4v) is 3.65. The van der Waals surface area contributed by atoms with Gasteiger partial charge in [0.2, 0.25) is 0 Å². The van der Waals surface area contributed by atoms with Crippen LogP contribution in [-0.4, -0.2) is 21.6 Å². The maximum absolute atomic E-state index is 12.6. The summed E-state index contributed by atoms with van der Waals surface area (Å²) in [6, 6.07) is 16.5. The third kappa shape index (κ3) is 4.76. The fraction of sp³-hybridized carbons (Fsp3) is 0.235. The summed E-state index contributed by atoms with van der Waals surface area (Å²) >= 11 is 0. The number of carboxylic acids is 1. The van der Waals surface area contributed by atoms with Crippen molar-refractivity contribution in [1.82, 2.24) is 5.09 Å². The van der Waals surface area contributed by atoms with Gasteiger partial charge in [0.15, 0.2) is 0 Å². The van der Waals surface area contributed by atoms with Gasteiger partial charge in [-0.2, -0.15) is 0 Å². The highest BCUT2D eigenvalue weighted by Gasteiger charge is 2.33. The lowest BCUT2D eigenvalue weighted by atomic mass is 10.1. The number of nitrogens with one attached hydrogen (secondary N) is 1. The van der Waals surface area contributed by atoms with E-state index in [0.29, 0.717) is 12.0 Å². The molecule has 0 aliphatic rings. The first kappa shape index (κ1) is 17.4. The maximum Gasteiger partial charge on any atom is 0.325 e. The van der Waals surface area contributed by atoms with Crippen LogP contribution in [0.1, 0.15) is 24.1 Å². The minimum Gasteiger partial charge on any atom is -0.480 e. The number of hydrogen-bond acceptors (Lipinski definition) is 2. The summed E-state index contributed by atoms with van der Waals surface area (Å²) in [7, 11) is -3.86. The Hall–Kier alpha value is -1.94. The Morgan fingerprint density at radius 1 is 1.09 bits per heavy atom. The van der Waals surface area contributed by atoms with Crippen molar-refractivity contribution in [3.8, 4) is 0 Å². The molecule has 2 aromatic carbocycles. The predicted molar refractivity (Wildman–Crippen MR) is 89.4 cm³/mol. The average Bonchev–Trinajstić information content (AvgIpc) is 2.54. The first-order valence-electron chi connectivity index (χ1n) is 7.32. The lowest BCUT2D eigenvalue weighted by molar-refractivity contribution is -0.139. The van der Waals surface area contributed by atoms with Gasteiger partial charge in [0.05, 0.1) is 5.66 Å². The van der Waals surface area contributed by atoms with E-state index in [2.05, 4.69) is 5.09 Å². The monoisotopic (exact) mass is 333 g/mol. The van der Waals surface area contributed by atoms with Gasteiger partial charge in [-0.3, -0.25) is 9.36 Å². The van der Waals surface area contributed by atoms with Crippen LogP contribution >= 0.6 is 7.52 Å². The summed E-state index contributed by atoms with van der Waals surface area (Å²) in [5.41, 5.74) is 0.777. The zero-order chi connectivity index (χ0) is 16.9. The highest BCUT2D eigenvalue weighted by Crippen LogP contribution is 2.45. The second kappa shape index (κ2) is 7.55. The summed E-state index contributed by atoms with van der Waals surface area (Å²) in [6.07, 6.45) is 0.392. The van der Waals surface area contributed by atoms with Crippen LogP contribution in [-0.2, 0) is 15.8 Å². The molecule has 2 aromatic rings. The molecular weight excluding hydrogens is 313 g/mol. The van der Waals surface area contributed by atoms with E-state index in [-0.39, 0.29) is 0 Å². The topological polar surface area (TPSA) is 86.6 Å². The van der Waals surface area contributed by atoms with E-state index in [1.54, 1.807) is 37.3 Å². The second-order valence-corrected chi connectivity index (χ2v) is 7.86. The van der Waals surface area contributed by atoms with Crippen molar-refractivity contribution in [1.29, 1.82) is 0 Å². The smallest absolute Gasteiger partial charge is 0.325 e. The van der Waals surface area contributed by atoms with Gasteiger partial charge in [-0.05, 0) is 17.5 Å². The predicted octanol–water partition coefficient (Wildman–Crippen LogP) is 3.22. The molecule has 0 bridgehead atoms. The fourth-order valence-electron chi connectivity index (χ4n) is 2.31. The third-order valence-corrected chi connectivity index (χ3v) is 5.67. The molecule has 23 heavy (non-hydrogen) atoms. The van der Waals surface area contributed by atoms with Crippen LogP contribution in [0, 0.1) is 0 Å². The molecule has 2 rings (SSSR count). The van der Waals surface area contributed by atoms with E-state index in [1.807, 2.05) is 30.3 Å². The SMILES string of the molecule is CC(Cc1ccccc1)P(=O)(O)NC(C(=O)O)c1ccccc1. The minimum absolute atomic E-state index is 0.392. The molecule has 6 heteroatoms. The number of aliphatic carboxylic acids is 1. The lowest BCUT2D eigenvalue weighted by Gasteiger charge is -2.24. The van der Waals surface area contributed by atoms with Gasteiger partial charge in [0, 0.05) is 0 Å². The first-order valence-corrected chi connectivity index (χ1v) is 9.05. The van der Waals surface area contributed by atoms with Gasteiger partial charge in [0.25, 0.3) is 7.52 Å². The van der Waals surface area contributed by atoms with Crippen LogP contribution in [0.5, 0.6) is 0 Å². The molecule has 0 amide bonds. The summed E-state index contributed by atoms with van der Waals surface area (Å²) in [4.78, 5) is 21.8. The molecule has 3 unspecified atom stereocenters. The summed E-state index contributed by atoms with van der Waals surface area (Å²) in [6.45, 7) is 1.64. The Balaban J connectivity index is 2.14. The zero-order valence-corrected chi connectivity index (χ0v) is 13.7. The Kier molecular flexibility index (Phi) is 5.72. The third-order valence-electron chi connectivity index (χ3n) is 3.67. The molecule has 0 heterocycles. The van der Waals surface area contributed by atoms with Gasteiger partial charge < -0.3 is 10.00 Å². The van der Waals surface area contributed by atoms with E-state index >= 15 is 0 Å². The number of hydrogen-bond donors (Lipinski definition) is 3. The van der Waals surface area contributed by atoms with Crippen LogP contribution in [0.4, 0.5) is 0 Å². The highest BCUT2D eigenvalue weighted by atomic mass is 31.2. The molecule has 0 aromatic heterocycles. The van der Waals surface area contributed by atoms with Crippen LogP contribution < -0.4 is 5.09 Å². The zero-order valence-electron chi connectivity index (χ0n) is 12.8. The second-order valence-electron chi connectivity index (χ2n) is 5.47. The van der Waals surface area contributed by atoms with E-state index in [9.17, 15) is 19.4 Å². The number of benzene rings is 2. The molecule has 0 saturated heterocycles. The highest BCUT2D eigenvalue weighted by molar-refractivity contribution is 7.56. The van der Waals surface area contributed by atoms with Crippen LogP contribution in [0.3, 0.4) is 0 Å². The summed E-state index contributed by atoms with van der Waals surface area (Å²) in [5.74, 6) is -1.18. The van der Waals surface area contributed by atoms with Crippen molar-refractivity contribution >= 4 is 13.5 Å². The number of carboxylic acid groups (broad SMARTS) is 1. The van der Waals surface area contributed by atoms with Gasteiger partial charge in [-0.1, -0.05) is 67.6 Å². The summed E-state index contributed by atoms with van der Waals surface area (Å²) in [5, 5.41) is 11.8. The molecule has 0 aliphatic heterocycles. The maximum atomic E-state index is 12.6. The first-order chi connectivity index (χ1) is 10.9. The van der Waals surface area contributed by atoms with Gasteiger partial charge >= 0.3 is 5.97 Å². The Morgan fingerprint density at radius 3 is 2.13 bits per heavy atom. The normalized spacial score (nSPS) is 16.3. The molecule has 0 spiro atoms. The molecular formula is C17H20NO4P. The molecule has 3 N–H and O–H groups in total. The van der Waals surface area contributed by atoms with Crippen molar-refractivity contribution in [3.63, 3.8) is 0 Å². The van der Waals surface area contributed by atoms with E-state index in [0.717, 1.165) is 5.56 Å². The van der Waals surface area contributed by atoms with Crippen molar-refractivity contribution in [3.05, 3.63) is 71.8 Å². The number of carbonyl (C=O) groups is 1. The van der Waals surface area contributed by atoms with E-state index < -0.39 is 25.2 Å². The Labute approximate surface area is 135 Å². The Morgan fingerprint density at radius 2 is 1.61 bits per heavy atom. The molecule has 122 valence electrons. The molecule has 0 aliphatic carbocycles. The van der Waals surface area contributed by atoms with E-state index in [4.69, 9.17) is 0 Å².